The molecule has 0 saturated heterocycles. The van der Waals surface area contributed by atoms with Crippen molar-refractivity contribution in [2.45, 2.75) is 24.2 Å². The summed E-state index contributed by atoms with van der Waals surface area (Å²) in [5, 5.41) is 0.947. The number of fused-ring (bicyclic) bond motifs is 3. The molecular formula is C25H21BrN2O3S. The van der Waals surface area contributed by atoms with Crippen LogP contribution in [0.25, 0.3) is 10.9 Å². The number of nitrogens with zero attached hydrogens (tertiary/aromatic N) is 2. The molecule has 0 saturated carbocycles. The second-order valence-electron chi connectivity index (χ2n) is 8.07. The molecule has 1 atom stereocenters. The van der Waals surface area contributed by atoms with Crippen molar-refractivity contribution in [2.24, 2.45) is 7.05 Å². The fourth-order valence-corrected chi connectivity index (χ4v) is 6.61. The lowest BCUT2D eigenvalue weighted by molar-refractivity contribution is -0.118. The van der Waals surface area contributed by atoms with Gasteiger partial charge in [0.05, 0.1) is 4.90 Å². The van der Waals surface area contributed by atoms with Crippen LogP contribution in [-0.4, -0.2) is 18.9 Å². The summed E-state index contributed by atoms with van der Waals surface area (Å²) in [6, 6.07) is 22.2. The standard InChI is InChI=1S/C25H21BrN2O3S/c1-16-11-13-17(14-12-16)32(30,31)28-23(29)15-20(18-7-3-5-9-21(18)26)24-19-8-4-6-10-22(19)27(2)25(24)28/h3-14,20H,15H2,1-2H3. The second-order valence-corrected chi connectivity index (χ2v) is 10.7. The summed E-state index contributed by atoms with van der Waals surface area (Å²) < 4.78 is 31.1. The molecule has 3 aromatic carbocycles. The molecule has 32 heavy (non-hydrogen) atoms. The Morgan fingerprint density at radius 1 is 0.938 bits per heavy atom. The van der Waals surface area contributed by atoms with Crippen molar-refractivity contribution in [1.29, 1.82) is 0 Å². The van der Waals surface area contributed by atoms with Crippen molar-refractivity contribution >= 4 is 48.6 Å². The number of benzene rings is 3. The first-order chi connectivity index (χ1) is 15.3. The van der Waals surface area contributed by atoms with Crippen molar-refractivity contribution < 1.29 is 13.2 Å². The summed E-state index contributed by atoms with van der Waals surface area (Å²) >= 11 is 3.62. The molecule has 7 heteroatoms. The Bertz CT molecular complexity index is 1470. The van der Waals surface area contributed by atoms with Gasteiger partial charge in [0, 0.05) is 40.3 Å². The van der Waals surface area contributed by atoms with Crippen LogP contribution >= 0.6 is 15.9 Å². The first kappa shape index (κ1) is 21.0. The number of hydrogen-bond donors (Lipinski definition) is 0. The van der Waals surface area contributed by atoms with Gasteiger partial charge in [0.1, 0.15) is 5.82 Å². The van der Waals surface area contributed by atoms with Crippen LogP contribution in [0.3, 0.4) is 0 Å². The molecule has 0 spiro atoms. The van der Waals surface area contributed by atoms with Gasteiger partial charge in [-0.15, -0.1) is 0 Å². The van der Waals surface area contributed by atoms with Gasteiger partial charge in [-0.3, -0.25) is 4.79 Å². The number of halogens is 1. The Hall–Kier alpha value is -2.90. The fraction of sp³-hybridized carbons (Fsp3) is 0.160. The van der Waals surface area contributed by atoms with Crippen LogP contribution < -0.4 is 4.31 Å². The summed E-state index contributed by atoms with van der Waals surface area (Å²) in [5.74, 6) is -0.294. The molecule has 1 aliphatic heterocycles. The highest BCUT2D eigenvalue weighted by atomic mass is 79.9. The van der Waals surface area contributed by atoms with Gasteiger partial charge in [-0.05, 0) is 36.8 Å². The summed E-state index contributed by atoms with van der Waals surface area (Å²) in [6.07, 6.45) is 0.0642. The molecule has 162 valence electrons. The van der Waals surface area contributed by atoms with Crippen molar-refractivity contribution in [2.75, 3.05) is 4.31 Å². The van der Waals surface area contributed by atoms with Crippen LogP contribution in [0.4, 0.5) is 5.82 Å². The first-order valence-corrected chi connectivity index (χ1v) is 12.5. The third kappa shape index (κ3) is 3.11. The molecule has 1 aromatic heterocycles. The zero-order valence-corrected chi connectivity index (χ0v) is 20.0. The van der Waals surface area contributed by atoms with Gasteiger partial charge in [-0.25, -0.2) is 8.42 Å². The van der Waals surface area contributed by atoms with Gasteiger partial charge >= 0.3 is 0 Å². The van der Waals surface area contributed by atoms with E-state index in [0.29, 0.717) is 5.82 Å². The predicted octanol–water partition coefficient (Wildman–Crippen LogP) is 5.51. The number of sulfonamides is 1. The van der Waals surface area contributed by atoms with Gasteiger partial charge in [-0.1, -0.05) is 70.0 Å². The lowest BCUT2D eigenvalue weighted by Gasteiger charge is -2.33. The SMILES string of the molecule is Cc1ccc(S(=O)(=O)N2C(=O)CC(c3ccccc3Br)c3c2n(C)c2ccccc32)cc1. The highest BCUT2D eigenvalue weighted by Crippen LogP contribution is 2.48. The molecule has 1 amide bonds. The van der Waals surface area contributed by atoms with E-state index >= 15 is 0 Å². The molecule has 0 fully saturated rings. The topological polar surface area (TPSA) is 59.4 Å². The van der Waals surface area contributed by atoms with E-state index < -0.39 is 15.9 Å². The van der Waals surface area contributed by atoms with Gasteiger partial charge in [0.25, 0.3) is 10.0 Å². The van der Waals surface area contributed by atoms with Gasteiger partial charge < -0.3 is 4.57 Å². The molecule has 5 nitrogen and oxygen atoms in total. The molecule has 1 aliphatic rings. The number of carbonyl (C=O) groups excluding carboxylic acids is 1. The number of rotatable bonds is 3. The average Bonchev–Trinajstić information content (AvgIpc) is 3.06. The summed E-state index contributed by atoms with van der Waals surface area (Å²) in [6.45, 7) is 1.90. The van der Waals surface area contributed by atoms with Crippen molar-refractivity contribution in [1.82, 2.24) is 4.57 Å². The first-order valence-electron chi connectivity index (χ1n) is 10.3. The Morgan fingerprint density at radius 3 is 2.31 bits per heavy atom. The smallest absolute Gasteiger partial charge is 0.272 e. The lowest BCUT2D eigenvalue weighted by Crippen LogP contribution is -2.42. The second kappa shape index (κ2) is 7.60. The number of anilines is 1. The maximum absolute atomic E-state index is 13.7. The van der Waals surface area contributed by atoms with Crippen LogP contribution in [0.5, 0.6) is 0 Å². The maximum atomic E-state index is 13.7. The van der Waals surface area contributed by atoms with E-state index in [1.54, 1.807) is 24.3 Å². The largest absolute Gasteiger partial charge is 0.329 e. The Balaban J connectivity index is 1.81. The molecule has 1 unspecified atom stereocenters. The molecule has 5 rings (SSSR count). The zero-order chi connectivity index (χ0) is 22.6. The Morgan fingerprint density at radius 2 is 1.59 bits per heavy atom. The predicted molar refractivity (Wildman–Crippen MR) is 129 cm³/mol. The molecule has 0 bridgehead atoms. The van der Waals surface area contributed by atoms with E-state index in [2.05, 4.69) is 15.9 Å². The van der Waals surface area contributed by atoms with Crippen molar-refractivity contribution in [3.8, 4) is 0 Å². The van der Waals surface area contributed by atoms with Gasteiger partial charge in [-0.2, -0.15) is 4.31 Å². The Labute approximate surface area is 195 Å². The summed E-state index contributed by atoms with van der Waals surface area (Å²) in [7, 11) is -2.26. The van der Waals surface area contributed by atoms with Crippen molar-refractivity contribution in [3.63, 3.8) is 0 Å². The van der Waals surface area contributed by atoms with Gasteiger partial charge in [0.2, 0.25) is 5.91 Å². The third-order valence-corrected chi connectivity index (χ3v) is 8.55. The minimum Gasteiger partial charge on any atom is -0.329 e. The highest BCUT2D eigenvalue weighted by Gasteiger charge is 2.43. The van der Waals surface area contributed by atoms with E-state index in [9.17, 15) is 13.2 Å². The third-order valence-electron chi connectivity index (χ3n) is 6.10. The summed E-state index contributed by atoms with van der Waals surface area (Å²) in [4.78, 5) is 13.6. The quantitative estimate of drug-likeness (QED) is 0.366. The van der Waals surface area contributed by atoms with E-state index in [1.807, 2.05) is 67.1 Å². The van der Waals surface area contributed by atoms with Crippen LogP contribution in [-0.2, 0) is 21.9 Å². The highest BCUT2D eigenvalue weighted by molar-refractivity contribution is 9.10. The lowest BCUT2D eigenvalue weighted by atomic mass is 9.85. The summed E-state index contributed by atoms with van der Waals surface area (Å²) in [5.41, 5.74) is 3.65. The molecule has 0 N–H and O–H groups in total. The average molecular weight is 509 g/mol. The monoisotopic (exact) mass is 508 g/mol. The molecule has 0 radical (unpaired) electrons. The number of aromatic nitrogens is 1. The van der Waals surface area contributed by atoms with Gasteiger partial charge in [0.15, 0.2) is 0 Å². The minimum atomic E-state index is -4.08. The Kier molecular flexibility index (Phi) is 4.98. The minimum absolute atomic E-state index is 0.0642. The number of para-hydroxylation sites is 1. The van der Waals surface area contributed by atoms with E-state index in [1.165, 1.54) is 0 Å². The van der Waals surface area contributed by atoms with E-state index in [0.717, 1.165) is 36.4 Å². The number of amides is 1. The van der Waals surface area contributed by atoms with Crippen LogP contribution in [0.15, 0.2) is 82.2 Å². The molecule has 2 heterocycles. The van der Waals surface area contributed by atoms with Crippen LogP contribution in [0.1, 0.15) is 29.0 Å². The van der Waals surface area contributed by atoms with Crippen LogP contribution in [0.2, 0.25) is 0 Å². The van der Waals surface area contributed by atoms with E-state index in [4.69, 9.17) is 0 Å². The zero-order valence-electron chi connectivity index (χ0n) is 17.6. The van der Waals surface area contributed by atoms with Crippen molar-refractivity contribution in [3.05, 3.63) is 94.0 Å². The van der Waals surface area contributed by atoms with Crippen LogP contribution in [0, 0.1) is 6.92 Å². The molecular weight excluding hydrogens is 488 g/mol. The number of hydrogen-bond acceptors (Lipinski definition) is 3. The maximum Gasteiger partial charge on any atom is 0.272 e. The number of carbonyl (C=O) groups is 1. The fourth-order valence-electron chi connectivity index (χ4n) is 4.56. The number of aryl methyl sites for hydroxylation is 2. The molecule has 4 aromatic rings. The normalized spacial score (nSPS) is 16.4. The molecule has 0 aliphatic carbocycles. The van der Waals surface area contributed by atoms with E-state index in [-0.39, 0.29) is 17.2 Å².